The molecular formula is C9H16BN2O3. The van der Waals surface area contributed by atoms with Crippen molar-refractivity contribution in [3.63, 3.8) is 0 Å². The summed E-state index contributed by atoms with van der Waals surface area (Å²) in [5, 5.41) is 2.58. The van der Waals surface area contributed by atoms with E-state index in [1.54, 1.807) is 13.9 Å². The SMILES string of the molecule is [2H]NC(=O)[C@H]1C[C@H](OC)C[C@@H]1C(=O)N[B]C. The highest BCUT2D eigenvalue weighted by Crippen LogP contribution is 2.33. The van der Waals surface area contributed by atoms with E-state index in [1.807, 2.05) is 5.73 Å². The fourth-order valence-electron chi connectivity index (χ4n) is 2.01. The summed E-state index contributed by atoms with van der Waals surface area (Å²) in [5.74, 6) is -1.49. The number of carbonyl (C=O) groups is 2. The highest BCUT2D eigenvalue weighted by atomic mass is 16.5. The van der Waals surface area contributed by atoms with Crippen LogP contribution in [0.2, 0.25) is 8.23 Å². The highest BCUT2D eigenvalue weighted by molar-refractivity contribution is 6.35. The zero-order chi connectivity index (χ0) is 12.1. The molecule has 3 atom stereocenters. The molecule has 0 aromatic carbocycles. The fourth-order valence-corrected chi connectivity index (χ4v) is 2.01. The lowest BCUT2D eigenvalue weighted by molar-refractivity contribution is -0.131. The first-order valence-electron chi connectivity index (χ1n) is 5.46. The molecule has 0 aromatic heterocycles. The van der Waals surface area contributed by atoms with Crippen LogP contribution >= 0.6 is 0 Å². The molecule has 1 fully saturated rings. The van der Waals surface area contributed by atoms with Crippen LogP contribution in [0, 0.1) is 11.8 Å². The quantitative estimate of drug-likeness (QED) is 0.604. The number of nitrogens with two attached hydrogens (primary N) is 1. The van der Waals surface area contributed by atoms with E-state index in [-0.39, 0.29) is 12.0 Å². The van der Waals surface area contributed by atoms with Crippen LogP contribution in [0.25, 0.3) is 0 Å². The molecule has 83 valence electrons. The average molecular weight is 212 g/mol. The smallest absolute Gasteiger partial charge is 0.242 e. The van der Waals surface area contributed by atoms with Crippen molar-refractivity contribution in [1.82, 2.24) is 5.23 Å². The largest absolute Gasteiger partial charge is 0.403 e. The number of nitrogens with one attached hydrogen (secondary N) is 1. The Morgan fingerprint density at radius 3 is 2.73 bits per heavy atom. The number of primary amides is 1. The van der Waals surface area contributed by atoms with Gasteiger partial charge in [0.1, 0.15) is 0 Å². The minimum Gasteiger partial charge on any atom is -0.403 e. The summed E-state index contributed by atoms with van der Waals surface area (Å²) in [4.78, 5) is 23.1. The predicted molar refractivity (Wildman–Crippen MR) is 56.0 cm³/mol. The third-order valence-corrected chi connectivity index (χ3v) is 2.81. The van der Waals surface area contributed by atoms with Crippen molar-refractivity contribution in [1.29, 1.82) is 0 Å². The van der Waals surface area contributed by atoms with Crippen molar-refractivity contribution in [3.8, 4) is 0 Å². The van der Waals surface area contributed by atoms with Gasteiger partial charge in [0, 0.05) is 7.11 Å². The Hall–Kier alpha value is -1.04. The van der Waals surface area contributed by atoms with Crippen molar-refractivity contribution in [3.05, 3.63) is 0 Å². The van der Waals surface area contributed by atoms with Gasteiger partial charge in [0.25, 0.3) is 0 Å². The van der Waals surface area contributed by atoms with Gasteiger partial charge in [0.05, 0.1) is 17.9 Å². The summed E-state index contributed by atoms with van der Waals surface area (Å²) < 4.78 is 12.0. The third-order valence-electron chi connectivity index (χ3n) is 2.81. The number of hydrogen-bond donors (Lipinski definition) is 2. The zero-order valence-corrected chi connectivity index (χ0v) is 8.95. The summed E-state index contributed by atoms with van der Waals surface area (Å²) in [6, 6.07) is 0. The Morgan fingerprint density at radius 2 is 2.20 bits per heavy atom. The third kappa shape index (κ3) is 2.71. The number of amides is 2. The number of hydrogen-bond acceptors (Lipinski definition) is 3. The monoisotopic (exact) mass is 212 g/mol. The van der Waals surface area contributed by atoms with Crippen LogP contribution in [0.5, 0.6) is 0 Å². The van der Waals surface area contributed by atoms with Gasteiger partial charge in [-0.05, 0) is 12.8 Å². The van der Waals surface area contributed by atoms with Gasteiger partial charge in [-0.1, -0.05) is 6.82 Å². The normalized spacial score (nSPS) is 30.5. The predicted octanol–water partition coefficient (Wildman–Crippen LogP) is -0.704. The highest BCUT2D eigenvalue weighted by Gasteiger charge is 2.41. The van der Waals surface area contributed by atoms with E-state index in [0.717, 1.165) is 0 Å². The van der Waals surface area contributed by atoms with Gasteiger partial charge < -0.3 is 15.7 Å². The number of carbonyl (C=O) groups excluding carboxylic acids is 2. The van der Waals surface area contributed by atoms with Crippen molar-refractivity contribution in [2.24, 2.45) is 17.6 Å². The van der Waals surface area contributed by atoms with Crippen molar-refractivity contribution in [2.75, 3.05) is 7.11 Å². The van der Waals surface area contributed by atoms with E-state index in [2.05, 4.69) is 5.23 Å². The molecule has 0 aromatic rings. The summed E-state index contributed by atoms with van der Waals surface area (Å²) in [6.45, 7) is 1.71. The molecule has 0 spiro atoms. The topological polar surface area (TPSA) is 81.4 Å². The van der Waals surface area contributed by atoms with Gasteiger partial charge in [-0.15, -0.1) is 0 Å². The van der Waals surface area contributed by atoms with E-state index in [9.17, 15) is 9.59 Å². The molecule has 1 rings (SSSR count). The molecule has 0 saturated heterocycles. The molecule has 3 N–H and O–H groups in total. The van der Waals surface area contributed by atoms with Gasteiger partial charge >= 0.3 is 0 Å². The van der Waals surface area contributed by atoms with Crippen LogP contribution in [0.4, 0.5) is 0 Å². The Bertz CT molecular complexity index is 277. The second-order valence-electron chi connectivity index (χ2n) is 3.70. The fraction of sp³-hybridized carbons (Fsp3) is 0.778. The molecule has 15 heavy (non-hydrogen) atoms. The molecule has 1 radical (unpaired) electrons. The lowest BCUT2D eigenvalue weighted by atomic mass is 9.91. The maximum atomic E-state index is 11.7. The molecule has 1 aliphatic rings. The van der Waals surface area contributed by atoms with Crippen LogP contribution in [0.1, 0.15) is 12.8 Å². The molecule has 6 heteroatoms. The first-order valence-corrected chi connectivity index (χ1v) is 4.96. The van der Waals surface area contributed by atoms with Crippen LogP contribution in [0.15, 0.2) is 0 Å². The molecule has 1 aliphatic carbocycles. The summed E-state index contributed by atoms with van der Waals surface area (Å²) in [6.07, 6.45) is 0.923. The van der Waals surface area contributed by atoms with E-state index in [0.29, 0.717) is 12.8 Å². The van der Waals surface area contributed by atoms with E-state index in [1.165, 1.54) is 7.41 Å². The molecule has 0 bridgehead atoms. The minimum atomic E-state index is -0.470. The van der Waals surface area contributed by atoms with Crippen molar-refractivity contribution in [2.45, 2.75) is 25.8 Å². The average Bonchev–Trinajstić information content (AvgIpc) is 2.72. The lowest BCUT2D eigenvalue weighted by Crippen LogP contribution is -2.38. The van der Waals surface area contributed by atoms with E-state index < -0.39 is 17.7 Å². The summed E-state index contributed by atoms with van der Waals surface area (Å²) >= 11 is 0. The summed E-state index contributed by atoms with van der Waals surface area (Å²) in [7, 11) is 3.10. The van der Waals surface area contributed by atoms with Gasteiger partial charge in [-0.2, -0.15) is 0 Å². The van der Waals surface area contributed by atoms with E-state index >= 15 is 0 Å². The van der Waals surface area contributed by atoms with Crippen molar-refractivity contribution < 1.29 is 15.7 Å². The first kappa shape index (κ1) is 10.5. The molecule has 1 saturated carbocycles. The summed E-state index contributed by atoms with van der Waals surface area (Å²) in [5.41, 5.74) is 1.84. The maximum absolute atomic E-state index is 11.7. The Balaban J connectivity index is 2.71. The first-order chi connectivity index (χ1) is 7.63. The Morgan fingerprint density at radius 1 is 1.53 bits per heavy atom. The lowest BCUT2D eigenvalue weighted by Gasteiger charge is -2.14. The number of methoxy groups -OCH3 is 1. The van der Waals surface area contributed by atoms with E-state index in [4.69, 9.17) is 6.15 Å². The minimum absolute atomic E-state index is 0.0880. The van der Waals surface area contributed by atoms with Gasteiger partial charge in [-0.25, -0.2) is 0 Å². The standard InChI is InChI=1S/C9H16BN2O3/c1-10-12-9(14)7-4-5(15-2)3-6(7)8(11)13/h5-7H,3-4H2,1-2H3,(H2,11,13)(H,12,14)/t5-,6-,7-/m0/s1/i/hD. The molecule has 0 aliphatic heterocycles. The van der Waals surface area contributed by atoms with Gasteiger partial charge in [0.15, 0.2) is 1.41 Å². The van der Waals surface area contributed by atoms with Crippen LogP contribution < -0.4 is 11.0 Å². The van der Waals surface area contributed by atoms with Crippen LogP contribution in [-0.4, -0.2) is 32.4 Å². The second kappa shape index (κ2) is 5.16. The Kier molecular flexibility index (Phi) is 3.61. The van der Waals surface area contributed by atoms with Crippen LogP contribution in [-0.2, 0) is 14.3 Å². The zero-order valence-electron chi connectivity index (χ0n) is 9.95. The molecule has 5 nitrogen and oxygen atoms in total. The number of rotatable bonds is 4. The molecular weight excluding hydrogens is 195 g/mol. The van der Waals surface area contributed by atoms with Crippen LogP contribution in [0.3, 0.4) is 0 Å². The molecule has 0 heterocycles. The maximum Gasteiger partial charge on any atom is 0.242 e. The van der Waals surface area contributed by atoms with Crippen molar-refractivity contribution >= 4 is 19.2 Å². The van der Waals surface area contributed by atoms with Gasteiger partial charge in [-0.3, -0.25) is 9.59 Å². The Labute approximate surface area is 91.5 Å². The number of ether oxygens (including phenoxy) is 1. The molecule has 2 amide bonds. The van der Waals surface area contributed by atoms with Gasteiger partial charge in [0.2, 0.25) is 19.2 Å². The second-order valence-corrected chi connectivity index (χ2v) is 3.70. The molecule has 0 unspecified atom stereocenters.